The summed E-state index contributed by atoms with van der Waals surface area (Å²) in [5.41, 5.74) is 12.9. The Kier molecular flexibility index (Phi) is 5.96. The van der Waals surface area contributed by atoms with Crippen LogP contribution in [0.3, 0.4) is 0 Å². The summed E-state index contributed by atoms with van der Waals surface area (Å²) in [4.78, 5) is 13.6. The number of rotatable bonds is 6. The van der Waals surface area contributed by atoms with Crippen molar-refractivity contribution in [2.45, 2.75) is 58.0 Å². The second-order valence-corrected chi connectivity index (χ2v) is 6.02. The number of nitrogens with zero attached hydrogens (tertiary/aromatic N) is 3. The van der Waals surface area contributed by atoms with E-state index in [2.05, 4.69) is 10.0 Å². The molecule has 108 valence electrons. The summed E-state index contributed by atoms with van der Waals surface area (Å²) in [7, 11) is 0. The zero-order valence-corrected chi connectivity index (χ0v) is 11.8. The number of amides is 1. The number of primary amides is 1. The predicted molar refractivity (Wildman–Crippen MR) is 73.4 cm³/mol. The van der Waals surface area contributed by atoms with E-state index < -0.39 is 11.7 Å². The topological polar surface area (TPSA) is 101 Å². The number of hydrogen-bond acceptors (Lipinski definition) is 3. The molecule has 0 aromatic rings. The summed E-state index contributed by atoms with van der Waals surface area (Å²) >= 11 is 0. The maximum atomic E-state index is 10.8. The van der Waals surface area contributed by atoms with Crippen LogP contribution >= 0.6 is 0 Å². The molecule has 1 saturated carbocycles. The first kappa shape index (κ1) is 15.6. The molecule has 0 aromatic carbocycles. The van der Waals surface area contributed by atoms with E-state index in [1.807, 2.05) is 13.8 Å². The molecule has 19 heavy (non-hydrogen) atoms. The minimum absolute atomic E-state index is 0.478. The maximum absolute atomic E-state index is 10.8. The fourth-order valence-corrected chi connectivity index (χ4v) is 2.73. The predicted octanol–water partition coefficient (Wildman–Crippen LogP) is 3.76. The van der Waals surface area contributed by atoms with Crippen LogP contribution in [0.1, 0.15) is 52.4 Å². The summed E-state index contributed by atoms with van der Waals surface area (Å²) in [5.74, 6) is 1.22. The Morgan fingerprint density at radius 3 is 2.47 bits per heavy atom. The number of ether oxygens (including phenoxy) is 1. The Bertz CT molecular complexity index is 343. The highest BCUT2D eigenvalue weighted by Gasteiger charge is 2.26. The lowest BCUT2D eigenvalue weighted by Crippen LogP contribution is -2.32. The SMILES string of the molecule is CC(C)(CC[C@H]1CC[C@H](CN=[N+]=[N-])CC1)OC(N)=O. The Morgan fingerprint density at radius 1 is 1.37 bits per heavy atom. The van der Waals surface area contributed by atoms with Gasteiger partial charge in [0.2, 0.25) is 0 Å². The van der Waals surface area contributed by atoms with Crippen LogP contribution in [0.4, 0.5) is 4.79 Å². The Balaban J connectivity index is 2.25. The number of carbonyl (C=O) groups excluding carboxylic acids is 1. The van der Waals surface area contributed by atoms with E-state index in [1.165, 1.54) is 0 Å². The highest BCUT2D eigenvalue weighted by atomic mass is 16.6. The second kappa shape index (κ2) is 7.24. The van der Waals surface area contributed by atoms with Crippen molar-refractivity contribution in [1.82, 2.24) is 0 Å². The van der Waals surface area contributed by atoms with Crippen molar-refractivity contribution in [3.8, 4) is 0 Å². The van der Waals surface area contributed by atoms with Crippen molar-refractivity contribution in [3.05, 3.63) is 10.4 Å². The van der Waals surface area contributed by atoms with Crippen molar-refractivity contribution >= 4 is 6.09 Å². The molecule has 1 rings (SSSR count). The average molecular weight is 268 g/mol. The quantitative estimate of drug-likeness (QED) is 0.450. The van der Waals surface area contributed by atoms with Gasteiger partial charge in [-0.05, 0) is 44.1 Å². The van der Waals surface area contributed by atoms with Gasteiger partial charge in [-0.1, -0.05) is 30.8 Å². The standard InChI is InChI=1S/C13H24N4O2/c1-13(2,19-12(14)18)8-7-10-3-5-11(6-4-10)9-16-17-15/h10-11H,3-9H2,1-2H3,(H2,14,18)/t10-,11-. The molecule has 1 aliphatic rings. The van der Waals surface area contributed by atoms with Gasteiger partial charge >= 0.3 is 6.09 Å². The first-order chi connectivity index (χ1) is 8.93. The molecule has 6 heteroatoms. The molecule has 1 aliphatic carbocycles. The van der Waals surface area contributed by atoms with Crippen LogP contribution in [0.2, 0.25) is 0 Å². The molecule has 0 heterocycles. The molecule has 0 bridgehead atoms. The largest absolute Gasteiger partial charge is 0.444 e. The summed E-state index contributed by atoms with van der Waals surface area (Å²) in [6.07, 6.45) is 5.76. The molecule has 0 spiro atoms. The highest BCUT2D eigenvalue weighted by Crippen LogP contribution is 2.33. The van der Waals surface area contributed by atoms with Crippen molar-refractivity contribution in [1.29, 1.82) is 0 Å². The number of hydrogen-bond donors (Lipinski definition) is 1. The van der Waals surface area contributed by atoms with Gasteiger partial charge in [-0.25, -0.2) is 4.79 Å². The maximum Gasteiger partial charge on any atom is 0.405 e. The lowest BCUT2D eigenvalue weighted by molar-refractivity contribution is 0.0323. The monoisotopic (exact) mass is 268 g/mol. The van der Waals surface area contributed by atoms with Gasteiger partial charge in [-0.2, -0.15) is 0 Å². The van der Waals surface area contributed by atoms with E-state index in [1.54, 1.807) is 0 Å². The van der Waals surface area contributed by atoms with Gasteiger partial charge in [0.25, 0.3) is 0 Å². The molecular formula is C13H24N4O2. The molecule has 2 N–H and O–H groups in total. The number of nitrogens with two attached hydrogens (primary N) is 1. The molecule has 6 nitrogen and oxygen atoms in total. The second-order valence-electron chi connectivity index (χ2n) is 6.02. The summed E-state index contributed by atoms with van der Waals surface area (Å²) < 4.78 is 5.09. The smallest absolute Gasteiger partial charge is 0.405 e. The first-order valence-corrected chi connectivity index (χ1v) is 6.92. The Hall–Kier alpha value is -1.42. The average Bonchev–Trinajstić information content (AvgIpc) is 2.34. The van der Waals surface area contributed by atoms with Crippen LogP contribution in [0, 0.1) is 11.8 Å². The first-order valence-electron chi connectivity index (χ1n) is 6.92. The van der Waals surface area contributed by atoms with Gasteiger partial charge in [0.05, 0.1) is 0 Å². The molecule has 0 aromatic heterocycles. The third-order valence-corrected chi connectivity index (χ3v) is 3.90. The Morgan fingerprint density at radius 2 is 1.95 bits per heavy atom. The van der Waals surface area contributed by atoms with Crippen molar-refractivity contribution in [2.75, 3.05) is 6.54 Å². The summed E-state index contributed by atoms with van der Waals surface area (Å²) in [6, 6.07) is 0. The third-order valence-electron chi connectivity index (χ3n) is 3.90. The van der Waals surface area contributed by atoms with Crippen molar-refractivity contribution < 1.29 is 9.53 Å². The van der Waals surface area contributed by atoms with Crippen molar-refractivity contribution in [2.24, 2.45) is 22.7 Å². The summed E-state index contributed by atoms with van der Waals surface area (Å²) in [5, 5.41) is 3.65. The zero-order chi connectivity index (χ0) is 14.3. The minimum Gasteiger partial charge on any atom is -0.444 e. The molecule has 1 amide bonds. The molecule has 0 saturated heterocycles. The normalized spacial score (nSPS) is 23.5. The van der Waals surface area contributed by atoms with Gasteiger partial charge in [-0.3, -0.25) is 0 Å². The fourth-order valence-electron chi connectivity index (χ4n) is 2.73. The van der Waals surface area contributed by atoms with Crippen LogP contribution in [-0.4, -0.2) is 18.2 Å². The fraction of sp³-hybridized carbons (Fsp3) is 0.923. The van der Waals surface area contributed by atoms with E-state index in [4.69, 9.17) is 16.0 Å². The van der Waals surface area contributed by atoms with Crippen LogP contribution in [0.15, 0.2) is 5.11 Å². The third kappa shape index (κ3) is 6.34. The lowest BCUT2D eigenvalue weighted by Gasteiger charge is -2.30. The van der Waals surface area contributed by atoms with E-state index in [-0.39, 0.29) is 0 Å². The Labute approximate surface area is 114 Å². The highest BCUT2D eigenvalue weighted by molar-refractivity contribution is 5.65. The van der Waals surface area contributed by atoms with E-state index in [0.717, 1.165) is 38.5 Å². The van der Waals surface area contributed by atoms with Gasteiger partial charge in [-0.15, -0.1) is 0 Å². The lowest BCUT2D eigenvalue weighted by atomic mass is 9.79. The van der Waals surface area contributed by atoms with Crippen LogP contribution in [0.5, 0.6) is 0 Å². The van der Waals surface area contributed by atoms with Crippen LogP contribution in [0.25, 0.3) is 10.4 Å². The zero-order valence-electron chi connectivity index (χ0n) is 11.8. The van der Waals surface area contributed by atoms with Gasteiger partial charge in [0, 0.05) is 11.5 Å². The number of azide groups is 1. The van der Waals surface area contributed by atoms with Gasteiger partial charge < -0.3 is 10.5 Å². The molecule has 1 fully saturated rings. The van der Waals surface area contributed by atoms with E-state index >= 15 is 0 Å². The number of carbonyl (C=O) groups is 1. The molecule has 0 unspecified atom stereocenters. The van der Waals surface area contributed by atoms with Gasteiger partial charge in [0.15, 0.2) is 0 Å². The van der Waals surface area contributed by atoms with E-state index in [0.29, 0.717) is 18.4 Å². The minimum atomic E-state index is -0.705. The van der Waals surface area contributed by atoms with Crippen LogP contribution < -0.4 is 5.73 Å². The molecule has 0 radical (unpaired) electrons. The molecule has 0 atom stereocenters. The summed E-state index contributed by atoms with van der Waals surface area (Å²) in [6.45, 7) is 4.41. The van der Waals surface area contributed by atoms with Crippen LogP contribution in [-0.2, 0) is 4.74 Å². The van der Waals surface area contributed by atoms with E-state index in [9.17, 15) is 4.79 Å². The molecule has 0 aliphatic heterocycles. The van der Waals surface area contributed by atoms with Crippen molar-refractivity contribution in [3.63, 3.8) is 0 Å². The van der Waals surface area contributed by atoms with Gasteiger partial charge in [0.1, 0.15) is 5.60 Å². The molecular weight excluding hydrogens is 244 g/mol.